The molecule has 6 heteroatoms. The van der Waals surface area contributed by atoms with Crippen molar-refractivity contribution in [3.63, 3.8) is 0 Å². The van der Waals surface area contributed by atoms with Crippen LogP contribution in [0.3, 0.4) is 0 Å². The second kappa shape index (κ2) is 7.49. The minimum absolute atomic E-state index is 0.0904. The van der Waals surface area contributed by atoms with Gasteiger partial charge in [0.25, 0.3) is 0 Å². The molecule has 1 amide bonds. The summed E-state index contributed by atoms with van der Waals surface area (Å²) < 4.78 is 0. The Morgan fingerprint density at radius 2 is 1.95 bits per heavy atom. The molecular formula is C14H21N3O3. The zero-order valence-corrected chi connectivity index (χ0v) is 11.7. The predicted molar refractivity (Wildman–Crippen MR) is 76.5 cm³/mol. The van der Waals surface area contributed by atoms with Crippen LogP contribution in [-0.4, -0.2) is 46.1 Å². The van der Waals surface area contributed by atoms with Gasteiger partial charge in [0.2, 0.25) is 5.91 Å². The third-order valence-electron chi connectivity index (χ3n) is 3.04. The van der Waals surface area contributed by atoms with Gasteiger partial charge in [0.15, 0.2) is 5.84 Å². The third-order valence-corrected chi connectivity index (χ3v) is 3.04. The molecule has 0 saturated carbocycles. The molecule has 0 spiro atoms. The smallest absolute Gasteiger partial charge is 0.238 e. The maximum absolute atomic E-state index is 12.6. The van der Waals surface area contributed by atoms with Crippen LogP contribution in [-0.2, 0) is 4.79 Å². The SMILES string of the molecule is CC(C)N(CCO)C(=O)C(C(N)=NO)c1ccccc1. The van der Waals surface area contributed by atoms with Gasteiger partial charge in [0.1, 0.15) is 5.92 Å². The number of aliphatic hydroxyl groups excluding tert-OH is 1. The van der Waals surface area contributed by atoms with Crippen molar-refractivity contribution in [3.8, 4) is 0 Å². The molecule has 0 radical (unpaired) electrons. The molecule has 0 aliphatic carbocycles. The number of hydrogen-bond donors (Lipinski definition) is 3. The number of amidine groups is 1. The van der Waals surface area contributed by atoms with Crippen LogP contribution in [0.2, 0.25) is 0 Å². The maximum atomic E-state index is 12.6. The van der Waals surface area contributed by atoms with Crippen molar-refractivity contribution in [3.05, 3.63) is 35.9 Å². The fraction of sp³-hybridized carbons (Fsp3) is 0.429. The molecular weight excluding hydrogens is 258 g/mol. The molecule has 0 saturated heterocycles. The first-order chi connectivity index (χ1) is 9.52. The van der Waals surface area contributed by atoms with Gasteiger partial charge >= 0.3 is 0 Å². The van der Waals surface area contributed by atoms with Crippen LogP contribution in [0.5, 0.6) is 0 Å². The standard InChI is InChI=1S/C14H21N3O3/c1-10(2)17(8-9-18)14(19)12(13(15)16-20)11-6-4-3-5-7-11/h3-7,10,12,18,20H,8-9H2,1-2H3,(H2,15,16). The number of aliphatic hydroxyl groups is 1. The molecule has 1 aromatic carbocycles. The molecule has 1 atom stereocenters. The van der Waals surface area contributed by atoms with E-state index < -0.39 is 5.92 Å². The summed E-state index contributed by atoms with van der Waals surface area (Å²) in [5.74, 6) is -1.31. The topological polar surface area (TPSA) is 99.2 Å². The molecule has 6 nitrogen and oxygen atoms in total. The monoisotopic (exact) mass is 279 g/mol. The van der Waals surface area contributed by atoms with Crippen LogP contribution in [0.15, 0.2) is 35.5 Å². The lowest BCUT2D eigenvalue weighted by Crippen LogP contribution is -2.45. The Hall–Kier alpha value is -2.08. The van der Waals surface area contributed by atoms with Crippen molar-refractivity contribution in [1.29, 1.82) is 0 Å². The Kier molecular flexibility index (Phi) is 5.99. The molecule has 0 heterocycles. The molecule has 0 aromatic heterocycles. The summed E-state index contributed by atoms with van der Waals surface area (Å²) >= 11 is 0. The maximum Gasteiger partial charge on any atom is 0.238 e. The molecule has 0 bridgehead atoms. The molecule has 0 aliphatic rings. The molecule has 1 unspecified atom stereocenters. The van der Waals surface area contributed by atoms with Gasteiger partial charge in [-0.05, 0) is 19.4 Å². The zero-order valence-electron chi connectivity index (χ0n) is 11.7. The molecule has 1 rings (SSSR count). The van der Waals surface area contributed by atoms with E-state index in [1.807, 2.05) is 19.9 Å². The van der Waals surface area contributed by atoms with Crippen molar-refractivity contribution >= 4 is 11.7 Å². The highest BCUT2D eigenvalue weighted by atomic mass is 16.4. The van der Waals surface area contributed by atoms with E-state index in [4.69, 9.17) is 16.0 Å². The Labute approximate surface area is 118 Å². The first-order valence-electron chi connectivity index (χ1n) is 6.46. The van der Waals surface area contributed by atoms with Gasteiger partial charge in [-0.25, -0.2) is 0 Å². The van der Waals surface area contributed by atoms with Crippen LogP contribution >= 0.6 is 0 Å². The summed E-state index contributed by atoms with van der Waals surface area (Å²) in [6.45, 7) is 3.77. The van der Waals surface area contributed by atoms with Crippen molar-refractivity contribution in [2.24, 2.45) is 10.9 Å². The number of rotatable bonds is 6. The summed E-state index contributed by atoms with van der Waals surface area (Å²) in [7, 11) is 0. The third kappa shape index (κ3) is 3.71. The van der Waals surface area contributed by atoms with Gasteiger partial charge in [-0.2, -0.15) is 0 Å². The van der Waals surface area contributed by atoms with Crippen molar-refractivity contribution in [2.75, 3.05) is 13.2 Å². The van der Waals surface area contributed by atoms with E-state index >= 15 is 0 Å². The van der Waals surface area contributed by atoms with E-state index in [2.05, 4.69) is 5.16 Å². The summed E-state index contributed by atoms with van der Waals surface area (Å²) in [5.41, 5.74) is 6.32. The van der Waals surface area contributed by atoms with Gasteiger partial charge in [-0.15, -0.1) is 0 Å². The van der Waals surface area contributed by atoms with Gasteiger partial charge in [0.05, 0.1) is 6.61 Å². The number of oxime groups is 1. The molecule has 0 fully saturated rings. The van der Waals surface area contributed by atoms with Crippen LogP contribution in [0.4, 0.5) is 0 Å². The lowest BCUT2D eigenvalue weighted by atomic mass is 9.96. The number of nitrogens with two attached hydrogens (primary N) is 1. The number of hydrogen-bond acceptors (Lipinski definition) is 4. The van der Waals surface area contributed by atoms with Gasteiger partial charge in [-0.1, -0.05) is 35.5 Å². The van der Waals surface area contributed by atoms with Crippen LogP contribution in [0.1, 0.15) is 25.3 Å². The van der Waals surface area contributed by atoms with E-state index in [1.54, 1.807) is 24.3 Å². The summed E-state index contributed by atoms with van der Waals surface area (Å²) in [6, 6.07) is 8.80. The largest absolute Gasteiger partial charge is 0.409 e. The fourth-order valence-corrected chi connectivity index (χ4v) is 2.04. The van der Waals surface area contributed by atoms with Gasteiger partial charge in [0, 0.05) is 12.6 Å². The average molecular weight is 279 g/mol. The first-order valence-corrected chi connectivity index (χ1v) is 6.46. The molecule has 4 N–H and O–H groups in total. The van der Waals surface area contributed by atoms with Crippen LogP contribution in [0.25, 0.3) is 0 Å². The molecule has 1 aromatic rings. The molecule has 110 valence electrons. The highest BCUT2D eigenvalue weighted by molar-refractivity contribution is 6.07. The number of carbonyl (C=O) groups excluding carboxylic acids is 1. The number of amides is 1. The second-order valence-electron chi connectivity index (χ2n) is 4.72. The zero-order chi connectivity index (χ0) is 15.1. The quantitative estimate of drug-likeness (QED) is 0.309. The normalized spacial score (nSPS) is 13.3. The molecule has 0 aliphatic heterocycles. The minimum atomic E-state index is -0.852. The van der Waals surface area contributed by atoms with E-state index in [9.17, 15) is 4.79 Å². The Balaban J connectivity index is 3.14. The van der Waals surface area contributed by atoms with Gasteiger partial charge in [-0.3, -0.25) is 4.79 Å². The first kappa shape index (κ1) is 16.0. The van der Waals surface area contributed by atoms with E-state index in [1.165, 1.54) is 4.90 Å². The van der Waals surface area contributed by atoms with Crippen molar-refractivity contribution in [2.45, 2.75) is 25.8 Å². The van der Waals surface area contributed by atoms with Crippen molar-refractivity contribution in [1.82, 2.24) is 4.90 Å². The Bertz CT molecular complexity index is 460. The molecule has 20 heavy (non-hydrogen) atoms. The van der Waals surface area contributed by atoms with Crippen LogP contribution < -0.4 is 5.73 Å². The number of nitrogens with zero attached hydrogens (tertiary/aromatic N) is 2. The highest BCUT2D eigenvalue weighted by Gasteiger charge is 2.30. The van der Waals surface area contributed by atoms with E-state index in [-0.39, 0.29) is 30.9 Å². The number of benzene rings is 1. The second-order valence-corrected chi connectivity index (χ2v) is 4.72. The Morgan fingerprint density at radius 1 is 1.35 bits per heavy atom. The van der Waals surface area contributed by atoms with Crippen molar-refractivity contribution < 1.29 is 15.1 Å². The van der Waals surface area contributed by atoms with E-state index in [0.717, 1.165) is 0 Å². The average Bonchev–Trinajstić information content (AvgIpc) is 2.45. The summed E-state index contributed by atoms with van der Waals surface area (Å²) in [4.78, 5) is 14.1. The lowest BCUT2D eigenvalue weighted by molar-refractivity contribution is -0.133. The highest BCUT2D eigenvalue weighted by Crippen LogP contribution is 2.20. The predicted octanol–water partition coefficient (Wildman–Crippen LogP) is 0.746. The number of carbonyl (C=O) groups is 1. The summed E-state index contributed by atoms with van der Waals surface area (Å²) in [5, 5.41) is 21.0. The Morgan fingerprint density at radius 3 is 2.40 bits per heavy atom. The van der Waals surface area contributed by atoms with Crippen LogP contribution in [0, 0.1) is 0 Å². The minimum Gasteiger partial charge on any atom is -0.409 e. The van der Waals surface area contributed by atoms with E-state index in [0.29, 0.717) is 5.56 Å². The fourth-order valence-electron chi connectivity index (χ4n) is 2.04. The summed E-state index contributed by atoms with van der Waals surface area (Å²) in [6.07, 6.45) is 0. The van der Waals surface area contributed by atoms with Gasteiger partial charge < -0.3 is 20.9 Å². The lowest BCUT2D eigenvalue weighted by Gasteiger charge is -2.29.